The molecule has 1 saturated heterocycles. The van der Waals surface area contributed by atoms with Crippen molar-refractivity contribution < 1.29 is 13.9 Å². The molecule has 3 rings (SSSR count). The molecule has 0 unspecified atom stereocenters. The van der Waals surface area contributed by atoms with E-state index in [0.29, 0.717) is 35.9 Å². The van der Waals surface area contributed by atoms with E-state index in [9.17, 15) is 14.0 Å². The van der Waals surface area contributed by atoms with Gasteiger partial charge in [0.05, 0.1) is 11.8 Å². The van der Waals surface area contributed by atoms with E-state index in [-0.39, 0.29) is 17.5 Å². The minimum absolute atomic E-state index is 0.00901. The maximum Gasteiger partial charge on any atom is 0.410 e. The van der Waals surface area contributed by atoms with Gasteiger partial charge >= 0.3 is 6.09 Å². The fraction of sp³-hybridized carbons (Fsp3) is 0.500. The Morgan fingerprint density at radius 3 is 2.58 bits per heavy atom. The Morgan fingerprint density at radius 2 is 1.96 bits per heavy atom. The maximum atomic E-state index is 14.2. The lowest BCUT2D eigenvalue weighted by Crippen LogP contribution is -2.43. The quantitative estimate of drug-likeness (QED) is 0.695. The van der Waals surface area contributed by atoms with Crippen molar-refractivity contribution in [3.63, 3.8) is 0 Å². The summed E-state index contributed by atoms with van der Waals surface area (Å²) in [6, 6.07) is 2.76. The summed E-state index contributed by atoms with van der Waals surface area (Å²) in [5, 5.41) is -0.00901. The Labute approximate surface area is 159 Å². The molecule has 140 valence electrons. The first-order valence-corrected chi connectivity index (χ1v) is 9.29. The summed E-state index contributed by atoms with van der Waals surface area (Å²) in [5.41, 5.74) is -0.612. The molecule has 0 spiro atoms. The van der Waals surface area contributed by atoms with Gasteiger partial charge in [0.15, 0.2) is 0 Å². The van der Waals surface area contributed by atoms with E-state index in [1.807, 2.05) is 20.8 Å². The molecule has 1 fully saturated rings. The highest BCUT2D eigenvalue weighted by Gasteiger charge is 2.28. The molecule has 2 heterocycles. The molecule has 0 atom stereocenters. The number of amides is 1. The van der Waals surface area contributed by atoms with E-state index >= 15 is 0 Å². The fourth-order valence-corrected chi connectivity index (χ4v) is 3.51. The van der Waals surface area contributed by atoms with Gasteiger partial charge in [0.1, 0.15) is 16.8 Å². The van der Waals surface area contributed by atoms with Crippen molar-refractivity contribution in [2.75, 3.05) is 13.1 Å². The van der Waals surface area contributed by atoms with Crippen LogP contribution < -0.4 is 5.56 Å². The second-order valence-electron chi connectivity index (χ2n) is 7.44. The first-order chi connectivity index (χ1) is 12.2. The predicted octanol–water partition coefficient (Wildman–Crippen LogP) is 3.87. The molecule has 0 saturated carbocycles. The molecule has 0 bridgehead atoms. The summed E-state index contributed by atoms with van der Waals surface area (Å²) >= 11 is 3.21. The van der Waals surface area contributed by atoms with Gasteiger partial charge in [-0.3, -0.25) is 9.36 Å². The van der Waals surface area contributed by atoms with Gasteiger partial charge in [-0.15, -0.1) is 0 Å². The molecule has 0 aliphatic carbocycles. The summed E-state index contributed by atoms with van der Waals surface area (Å²) < 4.78 is 21.6. The van der Waals surface area contributed by atoms with Crippen LogP contribution in [0.3, 0.4) is 0 Å². The third-order valence-corrected chi connectivity index (χ3v) is 4.77. The molecule has 1 aromatic heterocycles. The molecular weight excluding hydrogens is 405 g/mol. The van der Waals surface area contributed by atoms with Gasteiger partial charge in [-0.2, -0.15) is 0 Å². The zero-order valence-electron chi connectivity index (χ0n) is 15.0. The summed E-state index contributed by atoms with van der Waals surface area (Å²) in [7, 11) is 0. The van der Waals surface area contributed by atoms with Gasteiger partial charge in [-0.1, -0.05) is 15.9 Å². The SMILES string of the molecule is CC(C)(C)OC(=O)N1CCC(n2cnc3cc(Br)cc(F)c3c2=O)CC1. The standard InChI is InChI=1S/C18H21BrFN3O3/c1-18(2,3)26-17(25)22-6-4-12(5-7-22)23-10-21-14-9-11(19)8-13(20)15(14)16(23)24/h8-10,12H,4-7H2,1-3H3. The molecule has 2 aromatic rings. The van der Waals surface area contributed by atoms with E-state index in [1.165, 1.54) is 17.0 Å². The zero-order valence-corrected chi connectivity index (χ0v) is 16.5. The van der Waals surface area contributed by atoms with Crippen LogP contribution in [0.5, 0.6) is 0 Å². The number of rotatable bonds is 1. The minimum Gasteiger partial charge on any atom is -0.444 e. The molecule has 1 aromatic carbocycles. The van der Waals surface area contributed by atoms with Crippen LogP contribution in [0.15, 0.2) is 27.7 Å². The van der Waals surface area contributed by atoms with Crippen LogP contribution in [0.2, 0.25) is 0 Å². The molecular formula is C18H21BrFN3O3. The number of likely N-dealkylation sites (tertiary alicyclic amines) is 1. The number of carbonyl (C=O) groups excluding carboxylic acids is 1. The first-order valence-electron chi connectivity index (χ1n) is 8.49. The molecule has 1 amide bonds. The molecule has 0 radical (unpaired) electrons. The van der Waals surface area contributed by atoms with E-state index in [0.717, 1.165) is 0 Å². The largest absolute Gasteiger partial charge is 0.444 e. The number of hydrogen-bond acceptors (Lipinski definition) is 4. The van der Waals surface area contributed by atoms with Crippen molar-refractivity contribution in [3.05, 3.63) is 39.1 Å². The summed E-state index contributed by atoms with van der Waals surface area (Å²) in [4.78, 5) is 30.7. The van der Waals surface area contributed by atoms with Gasteiger partial charge in [0.2, 0.25) is 0 Å². The lowest BCUT2D eigenvalue weighted by Gasteiger charge is -2.34. The monoisotopic (exact) mass is 425 g/mol. The Morgan fingerprint density at radius 1 is 1.31 bits per heavy atom. The van der Waals surface area contributed by atoms with Crippen LogP contribution in [0.1, 0.15) is 39.7 Å². The Hall–Kier alpha value is -1.96. The van der Waals surface area contributed by atoms with Gasteiger partial charge < -0.3 is 9.64 Å². The molecule has 1 aliphatic heterocycles. The van der Waals surface area contributed by atoms with E-state index < -0.39 is 17.0 Å². The normalized spacial score (nSPS) is 16.1. The minimum atomic E-state index is -0.590. The van der Waals surface area contributed by atoms with Crippen molar-refractivity contribution >= 4 is 32.9 Å². The second-order valence-corrected chi connectivity index (χ2v) is 8.35. The van der Waals surface area contributed by atoms with Gasteiger partial charge in [0.25, 0.3) is 5.56 Å². The van der Waals surface area contributed by atoms with Crippen molar-refractivity contribution in [2.24, 2.45) is 0 Å². The molecule has 8 heteroatoms. The molecule has 1 aliphatic rings. The lowest BCUT2D eigenvalue weighted by molar-refractivity contribution is 0.0187. The van der Waals surface area contributed by atoms with Crippen LogP contribution in [0, 0.1) is 5.82 Å². The average molecular weight is 426 g/mol. The van der Waals surface area contributed by atoms with Crippen molar-refractivity contribution in [2.45, 2.75) is 45.3 Å². The third-order valence-electron chi connectivity index (χ3n) is 4.31. The first kappa shape index (κ1) is 18.8. The Kier molecular flexibility index (Phi) is 5.05. The molecule has 26 heavy (non-hydrogen) atoms. The van der Waals surface area contributed by atoms with Crippen LogP contribution in [0.4, 0.5) is 9.18 Å². The van der Waals surface area contributed by atoms with Gasteiger partial charge in [-0.25, -0.2) is 14.2 Å². The predicted molar refractivity (Wildman–Crippen MR) is 99.7 cm³/mol. The van der Waals surface area contributed by atoms with Crippen LogP contribution in [0.25, 0.3) is 10.9 Å². The number of fused-ring (bicyclic) bond motifs is 1. The second kappa shape index (κ2) is 6.98. The topological polar surface area (TPSA) is 64.4 Å². The van der Waals surface area contributed by atoms with Crippen molar-refractivity contribution in [1.29, 1.82) is 0 Å². The van der Waals surface area contributed by atoms with Crippen molar-refractivity contribution in [3.8, 4) is 0 Å². The van der Waals surface area contributed by atoms with Gasteiger partial charge in [-0.05, 0) is 45.7 Å². The lowest BCUT2D eigenvalue weighted by atomic mass is 10.0. The van der Waals surface area contributed by atoms with Crippen molar-refractivity contribution in [1.82, 2.24) is 14.5 Å². The van der Waals surface area contributed by atoms with E-state index in [1.54, 1.807) is 11.0 Å². The van der Waals surface area contributed by atoms with E-state index in [2.05, 4.69) is 20.9 Å². The summed E-state index contributed by atoms with van der Waals surface area (Å²) in [6.45, 7) is 6.43. The third kappa shape index (κ3) is 3.90. The zero-order chi connectivity index (χ0) is 19.1. The number of hydrogen-bond donors (Lipinski definition) is 0. The summed E-state index contributed by atoms with van der Waals surface area (Å²) in [5.74, 6) is -0.590. The van der Waals surface area contributed by atoms with Crippen LogP contribution in [-0.4, -0.2) is 39.2 Å². The van der Waals surface area contributed by atoms with E-state index in [4.69, 9.17) is 4.74 Å². The van der Waals surface area contributed by atoms with Gasteiger partial charge in [0, 0.05) is 23.6 Å². The number of piperidine rings is 1. The number of halogens is 2. The smallest absolute Gasteiger partial charge is 0.410 e. The average Bonchev–Trinajstić information content (AvgIpc) is 2.53. The number of carbonyl (C=O) groups is 1. The number of nitrogens with zero attached hydrogens (tertiary/aromatic N) is 3. The molecule has 0 N–H and O–H groups in total. The fourth-order valence-electron chi connectivity index (χ4n) is 3.09. The Bertz CT molecular complexity index is 899. The number of benzene rings is 1. The highest BCUT2D eigenvalue weighted by atomic mass is 79.9. The van der Waals surface area contributed by atoms with Crippen LogP contribution in [-0.2, 0) is 4.74 Å². The highest BCUT2D eigenvalue weighted by molar-refractivity contribution is 9.10. The number of ether oxygens (including phenoxy) is 1. The highest BCUT2D eigenvalue weighted by Crippen LogP contribution is 2.24. The van der Waals surface area contributed by atoms with Crippen LogP contribution >= 0.6 is 15.9 Å². The Balaban J connectivity index is 1.79. The molecule has 6 nitrogen and oxygen atoms in total. The summed E-state index contributed by atoms with van der Waals surface area (Å²) in [6.07, 6.45) is 2.29. The number of aromatic nitrogens is 2. The maximum absolute atomic E-state index is 14.2.